The number of aromatic nitrogens is 6. The first-order chi connectivity index (χ1) is 15.3. The molecule has 0 atom stereocenters. The Morgan fingerprint density at radius 3 is 2.48 bits per heavy atom. The fourth-order valence-corrected chi connectivity index (χ4v) is 3.91. The lowest BCUT2D eigenvalue weighted by atomic mass is 10.0. The molecule has 4 heterocycles. The Morgan fingerprint density at radius 2 is 1.61 bits per heavy atom. The first kappa shape index (κ1) is 17.5. The molecule has 0 spiro atoms. The van der Waals surface area contributed by atoms with Crippen molar-refractivity contribution in [3.63, 3.8) is 0 Å². The van der Waals surface area contributed by atoms with Gasteiger partial charge in [-0.15, -0.1) is 0 Å². The van der Waals surface area contributed by atoms with Crippen molar-refractivity contribution in [2.75, 3.05) is 0 Å². The summed E-state index contributed by atoms with van der Waals surface area (Å²) in [6.45, 7) is 0. The maximum Gasteiger partial charge on any atom is 0.131 e. The highest BCUT2D eigenvalue weighted by Crippen LogP contribution is 2.35. The highest BCUT2D eigenvalue weighted by atomic mass is 19.1. The van der Waals surface area contributed by atoms with Crippen LogP contribution in [-0.2, 0) is 0 Å². The monoisotopic (exact) mass is 406 g/mol. The normalized spacial score (nSPS) is 11.4. The third kappa shape index (κ3) is 2.86. The van der Waals surface area contributed by atoms with Crippen LogP contribution >= 0.6 is 0 Å². The molecule has 0 aliphatic rings. The molecule has 0 radical (unpaired) electrons. The largest absolute Gasteiger partial charge is 0.353 e. The molecule has 2 N–H and O–H groups in total. The van der Waals surface area contributed by atoms with Gasteiger partial charge in [-0.25, -0.2) is 14.4 Å². The van der Waals surface area contributed by atoms with E-state index < -0.39 is 0 Å². The van der Waals surface area contributed by atoms with Gasteiger partial charge in [0.2, 0.25) is 0 Å². The number of hydrogen-bond donors (Lipinski definition) is 2. The molecule has 148 valence electrons. The van der Waals surface area contributed by atoms with E-state index in [2.05, 4.69) is 30.1 Å². The number of H-pyrrole nitrogens is 2. The van der Waals surface area contributed by atoms with Gasteiger partial charge in [-0.05, 0) is 29.8 Å². The molecule has 0 saturated carbocycles. The van der Waals surface area contributed by atoms with Crippen molar-refractivity contribution in [2.45, 2.75) is 0 Å². The van der Waals surface area contributed by atoms with Gasteiger partial charge >= 0.3 is 0 Å². The van der Waals surface area contributed by atoms with E-state index in [1.807, 2.05) is 36.4 Å². The second-order valence-corrected chi connectivity index (χ2v) is 7.24. The van der Waals surface area contributed by atoms with Gasteiger partial charge in [-0.2, -0.15) is 5.10 Å². The first-order valence-electron chi connectivity index (χ1n) is 9.74. The van der Waals surface area contributed by atoms with Crippen LogP contribution in [0.3, 0.4) is 0 Å². The van der Waals surface area contributed by atoms with E-state index in [4.69, 9.17) is 0 Å². The Bertz CT molecular complexity index is 1550. The Morgan fingerprint density at radius 1 is 0.774 bits per heavy atom. The average molecular weight is 406 g/mol. The van der Waals surface area contributed by atoms with Gasteiger partial charge in [0.05, 0.1) is 23.1 Å². The van der Waals surface area contributed by atoms with Gasteiger partial charge in [0.25, 0.3) is 0 Å². The summed E-state index contributed by atoms with van der Waals surface area (Å²) in [6.07, 6.45) is 6.69. The number of benzene rings is 2. The number of pyridine rings is 1. The van der Waals surface area contributed by atoms with Gasteiger partial charge < -0.3 is 4.98 Å². The van der Waals surface area contributed by atoms with Gasteiger partial charge in [-0.1, -0.05) is 30.3 Å². The number of halogens is 1. The van der Waals surface area contributed by atoms with Gasteiger partial charge in [0.1, 0.15) is 17.8 Å². The summed E-state index contributed by atoms with van der Waals surface area (Å²) in [7, 11) is 0. The van der Waals surface area contributed by atoms with Crippen molar-refractivity contribution in [1.29, 1.82) is 0 Å². The van der Waals surface area contributed by atoms with Crippen molar-refractivity contribution in [1.82, 2.24) is 30.1 Å². The van der Waals surface area contributed by atoms with Gasteiger partial charge in [0, 0.05) is 39.8 Å². The molecule has 0 aliphatic heterocycles. The lowest BCUT2D eigenvalue weighted by Gasteiger charge is -2.04. The van der Waals surface area contributed by atoms with Crippen LogP contribution in [0.15, 0.2) is 79.5 Å². The number of hydrogen-bond acceptors (Lipinski definition) is 4. The minimum atomic E-state index is -0.247. The van der Waals surface area contributed by atoms with E-state index in [1.54, 1.807) is 30.7 Å². The number of nitrogens with one attached hydrogen (secondary N) is 2. The predicted octanol–water partition coefficient (Wildman–Crippen LogP) is 5.37. The average Bonchev–Trinajstić information content (AvgIpc) is 3.43. The van der Waals surface area contributed by atoms with E-state index in [-0.39, 0.29) is 5.82 Å². The van der Waals surface area contributed by atoms with Crippen molar-refractivity contribution >= 4 is 21.8 Å². The van der Waals surface area contributed by atoms with Crippen LogP contribution in [0.25, 0.3) is 55.6 Å². The minimum Gasteiger partial charge on any atom is -0.353 e. The molecule has 2 aromatic carbocycles. The Balaban J connectivity index is 1.53. The first-order valence-corrected chi connectivity index (χ1v) is 9.74. The zero-order chi connectivity index (χ0) is 20.8. The van der Waals surface area contributed by atoms with E-state index in [1.165, 1.54) is 12.4 Å². The van der Waals surface area contributed by atoms with Gasteiger partial charge in [0.15, 0.2) is 0 Å². The molecule has 0 bridgehead atoms. The molecule has 31 heavy (non-hydrogen) atoms. The van der Waals surface area contributed by atoms with Crippen molar-refractivity contribution < 1.29 is 4.39 Å². The third-order valence-electron chi connectivity index (χ3n) is 5.39. The highest BCUT2D eigenvalue weighted by Gasteiger charge is 2.15. The molecule has 0 aliphatic carbocycles. The topological polar surface area (TPSA) is 83.1 Å². The Kier molecular flexibility index (Phi) is 3.86. The molecule has 0 amide bonds. The number of nitrogens with zero attached hydrogens (tertiary/aromatic N) is 4. The Labute approximate surface area is 175 Å². The van der Waals surface area contributed by atoms with Gasteiger partial charge in [-0.3, -0.25) is 10.1 Å². The molecule has 6 nitrogen and oxygen atoms in total. The van der Waals surface area contributed by atoms with Crippen LogP contribution in [0.1, 0.15) is 0 Å². The summed E-state index contributed by atoms with van der Waals surface area (Å²) in [6, 6.07) is 16.6. The van der Waals surface area contributed by atoms with E-state index in [0.29, 0.717) is 5.56 Å². The van der Waals surface area contributed by atoms with E-state index in [0.717, 1.165) is 50.0 Å². The summed E-state index contributed by atoms with van der Waals surface area (Å²) in [5.41, 5.74) is 6.34. The van der Waals surface area contributed by atoms with Crippen LogP contribution in [0.2, 0.25) is 0 Å². The lowest BCUT2D eigenvalue weighted by Crippen LogP contribution is -1.86. The maximum absolute atomic E-state index is 14.5. The minimum absolute atomic E-state index is 0.247. The molecular weight excluding hydrogens is 391 g/mol. The SMILES string of the molecule is Fc1ccccc1-c1cccc2[nH]c(-c3n[nH]c4cnc(-c5cncnc5)cc34)cc12. The van der Waals surface area contributed by atoms with Crippen molar-refractivity contribution in [2.24, 2.45) is 0 Å². The number of fused-ring (bicyclic) bond motifs is 2. The van der Waals surface area contributed by atoms with Crippen LogP contribution in [0, 0.1) is 5.82 Å². The summed E-state index contributed by atoms with van der Waals surface area (Å²) in [5, 5.41) is 9.41. The quantitative estimate of drug-likeness (QED) is 0.414. The fourth-order valence-electron chi connectivity index (χ4n) is 3.91. The summed E-state index contributed by atoms with van der Waals surface area (Å²) < 4.78 is 14.5. The maximum atomic E-state index is 14.5. The summed E-state index contributed by atoms with van der Waals surface area (Å²) in [4.78, 5) is 16.1. The molecule has 7 heteroatoms. The molecular formula is C24H15FN6. The van der Waals surface area contributed by atoms with Crippen molar-refractivity contribution in [3.8, 4) is 33.8 Å². The molecule has 4 aromatic heterocycles. The molecule has 6 aromatic rings. The number of rotatable bonds is 3. The second-order valence-electron chi connectivity index (χ2n) is 7.24. The molecule has 0 saturated heterocycles. The van der Waals surface area contributed by atoms with E-state index >= 15 is 0 Å². The Hall–Kier alpha value is -4.39. The highest BCUT2D eigenvalue weighted by molar-refractivity contribution is 6.01. The summed E-state index contributed by atoms with van der Waals surface area (Å²) >= 11 is 0. The van der Waals surface area contributed by atoms with Crippen molar-refractivity contribution in [3.05, 3.63) is 85.3 Å². The predicted molar refractivity (Wildman–Crippen MR) is 118 cm³/mol. The standard InChI is InChI=1S/C24H15FN6/c25-19-6-2-1-4-16(19)15-5-3-7-20-17(15)8-22(29-20)24-18-9-21(14-10-26-13-27-11-14)28-12-23(18)30-31-24/h1-13,29H,(H,30,31). The zero-order valence-electron chi connectivity index (χ0n) is 16.2. The summed E-state index contributed by atoms with van der Waals surface area (Å²) in [5.74, 6) is -0.247. The van der Waals surface area contributed by atoms with Crippen LogP contribution in [0.4, 0.5) is 4.39 Å². The smallest absolute Gasteiger partial charge is 0.131 e. The molecule has 6 rings (SSSR count). The number of aromatic amines is 2. The second kappa shape index (κ2) is 6.84. The zero-order valence-corrected chi connectivity index (χ0v) is 16.2. The molecule has 0 fully saturated rings. The third-order valence-corrected chi connectivity index (χ3v) is 5.39. The fraction of sp³-hybridized carbons (Fsp3) is 0. The van der Waals surface area contributed by atoms with Crippen LogP contribution in [0.5, 0.6) is 0 Å². The lowest BCUT2D eigenvalue weighted by molar-refractivity contribution is 0.631. The van der Waals surface area contributed by atoms with Crippen LogP contribution in [-0.4, -0.2) is 30.1 Å². The van der Waals surface area contributed by atoms with Crippen LogP contribution < -0.4 is 0 Å². The van der Waals surface area contributed by atoms with E-state index in [9.17, 15) is 4.39 Å². The molecule has 0 unspecified atom stereocenters.